The van der Waals surface area contributed by atoms with E-state index in [1.807, 2.05) is 61.0 Å². The molecule has 3 rings (SSSR count). The minimum Gasteiger partial charge on any atom is -0.451 e. The normalized spacial score (nSPS) is 11.1. The summed E-state index contributed by atoms with van der Waals surface area (Å²) >= 11 is 2.08. The number of amides is 1. The number of aryl methyl sites for hydroxylation is 1. The van der Waals surface area contributed by atoms with Gasteiger partial charge < -0.3 is 9.73 Å². The van der Waals surface area contributed by atoms with Crippen LogP contribution in [0, 0.1) is 17.6 Å². The molecule has 6 heteroatoms. The number of carbonyl (C=O) groups is 1. The van der Waals surface area contributed by atoms with Crippen LogP contribution in [-0.4, -0.2) is 15.7 Å². The maximum Gasteiger partial charge on any atom is 0.248 e. The Morgan fingerprint density at radius 2 is 1.96 bits per heavy atom. The number of benzene rings is 1. The molecule has 5 nitrogen and oxygen atoms in total. The number of nitrogens with one attached hydrogen (secondary N) is 1. The minimum atomic E-state index is -0.222. The molecule has 2 heterocycles. The number of hydrogen-bond donors (Lipinski definition) is 1. The van der Waals surface area contributed by atoms with Crippen molar-refractivity contribution in [1.82, 2.24) is 9.78 Å². The standard InChI is InChI=1S/C18H16IN3O2/c1-12-18(13(2)22(21-12)14-6-4-3-5-7-14)20-17(23)11-9-15-8-10-16(19)24-15/h3-11H,1-2H3,(H,20,23)/b11-9+. The van der Waals surface area contributed by atoms with Gasteiger partial charge in [0.2, 0.25) is 5.91 Å². The zero-order valence-corrected chi connectivity index (χ0v) is 15.4. The van der Waals surface area contributed by atoms with Crippen LogP contribution in [-0.2, 0) is 4.79 Å². The van der Waals surface area contributed by atoms with Crippen molar-refractivity contribution in [3.8, 4) is 5.69 Å². The fourth-order valence-corrected chi connectivity index (χ4v) is 2.82. The zero-order valence-electron chi connectivity index (χ0n) is 13.3. The maximum atomic E-state index is 12.2. The van der Waals surface area contributed by atoms with Gasteiger partial charge in [0.15, 0.2) is 3.77 Å². The van der Waals surface area contributed by atoms with E-state index in [1.54, 1.807) is 6.08 Å². The molecule has 122 valence electrons. The van der Waals surface area contributed by atoms with Crippen molar-refractivity contribution in [1.29, 1.82) is 0 Å². The van der Waals surface area contributed by atoms with Crippen LogP contribution in [0.5, 0.6) is 0 Å². The Balaban J connectivity index is 1.79. The maximum absolute atomic E-state index is 12.2. The van der Waals surface area contributed by atoms with Crippen LogP contribution in [0.15, 0.2) is 53.0 Å². The lowest BCUT2D eigenvalue weighted by molar-refractivity contribution is -0.111. The molecule has 2 aromatic heterocycles. The number of carbonyl (C=O) groups excluding carboxylic acids is 1. The first-order valence-corrected chi connectivity index (χ1v) is 8.48. The monoisotopic (exact) mass is 433 g/mol. The van der Waals surface area contributed by atoms with Gasteiger partial charge in [-0.05, 0) is 66.8 Å². The van der Waals surface area contributed by atoms with Crippen LogP contribution < -0.4 is 5.32 Å². The second-order valence-electron chi connectivity index (χ2n) is 5.26. The highest BCUT2D eigenvalue weighted by atomic mass is 127. The van der Waals surface area contributed by atoms with Gasteiger partial charge in [0, 0.05) is 6.08 Å². The van der Waals surface area contributed by atoms with E-state index >= 15 is 0 Å². The quantitative estimate of drug-likeness (QED) is 0.492. The lowest BCUT2D eigenvalue weighted by atomic mass is 10.3. The Bertz CT molecular complexity index is 894. The third-order valence-corrected chi connectivity index (χ3v) is 4.11. The van der Waals surface area contributed by atoms with Crippen LogP contribution >= 0.6 is 22.6 Å². The van der Waals surface area contributed by atoms with Crippen molar-refractivity contribution in [2.24, 2.45) is 0 Å². The summed E-state index contributed by atoms with van der Waals surface area (Å²) in [6.07, 6.45) is 3.09. The van der Waals surface area contributed by atoms with E-state index in [0.29, 0.717) is 5.76 Å². The number of anilines is 1. The number of nitrogens with zero attached hydrogens (tertiary/aromatic N) is 2. The third kappa shape index (κ3) is 3.59. The lowest BCUT2D eigenvalue weighted by Crippen LogP contribution is -2.09. The van der Waals surface area contributed by atoms with Crippen LogP contribution in [0.2, 0.25) is 0 Å². The van der Waals surface area contributed by atoms with Gasteiger partial charge in [-0.3, -0.25) is 4.79 Å². The zero-order chi connectivity index (χ0) is 17.1. The first-order chi connectivity index (χ1) is 11.5. The molecule has 0 radical (unpaired) electrons. The molecular formula is C18H16IN3O2. The van der Waals surface area contributed by atoms with E-state index in [1.165, 1.54) is 6.08 Å². The molecular weight excluding hydrogens is 417 g/mol. The van der Waals surface area contributed by atoms with E-state index < -0.39 is 0 Å². The number of furan rings is 1. The number of halogens is 1. The van der Waals surface area contributed by atoms with E-state index in [2.05, 4.69) is 33.0 Å². The van der Waals surface area contributed by atoms with E-state index in [9.17, 15) is 4.79 Å². The Hall–Kier alpha value is -2.35. The third-order valence-electron chi connectivity index (χ3n) is 3.53. The molecule has 24 heavy (non-hydrogen) atoms. The average Bonchev–Trinajstić information content (AvgIpc) is 3.12. The van der Waals surface area contributed by atoms with Crippen molar-refractivity contribution < 1.29 is 9.21 Å². The van der Waals surface area contributed by atoms with Crippen molar-refractivity contribution in [3.63, 3.8) is 0 Å². The van der Waals surface area contributed by atoms with Gasteiger partial charge in [-0.1, -0.05) is 18.2 Å². The van der Waals surface area contributed by atoms with Crippen molar-refractivity contribution in [2.75, 3.05) is 5.32 Å². The van der Waals surface area contributed by atoms with Gasteiger partial charge in [0.25, 0.3) is 0 Å². The summed E-state index contributed by atoms with van der Waals surface area (Å²) in [6, 6.07) is 13.5. The van der Waals surface area contributed by atoms with E-state index in [0.717, 1.165) is 26.5 Å². The number of hydrogen-bond acceptors (Lipinski definition) is 3. The van der Waals surface area contributed by atoms with E-state index in [-0.39, 0.29) is 5.91 Å². The predicted octanol–water partition coefficient (Wildman–Crippen LogP) is 4.34. The Morgan fingerprint density at radius 1 is 1.21 bits per heavy atom. The molecule has 1 N–H and O–H groups in total. The van der Waals surface area contributed by atoms with Crippen LogP contribution in [0.4, 0.5) is 5.69 Å². The molecule has 0 bridgehead atoms. The molecule has 0 aliphatic heterocycles. The summed E-state index contributed by atoms with van der Waals surface area (Å²) in [5.74, 6) is 0.420. The molecule has 0 unspecified atom stereocenters. The smallest absolute Gasteiger partial charge is 0.248 e. The van der Waals surface area contributed by atoms with Gasteiger partial charge in [-0.2, -0.15) is 5.10 Å². The highest BCUT2D eigenvalue weighted by Crippen LogP contribution is 2.22. The lowest BCUT2D eigenvalue weighted by Gasteiger charge is -2.05. The molecule has 0 saturated carbocycles. The van der Waals surface area contributed by atoms with Gasteiger partial charge in [-0.25, -0.2) is 4.68 Å². The summed E-state index contributed by atoms with van der Waals surface area (Å²) in [7, 11) is 0. The largest absolute Gasteiger partial charge is 0.451 e. The summed E-state index contributed by atoms with van der Waals surface area (Å²) in [5.41, 5.74) is 3.33. The molecule has 0 saturated heterocycles. The van der Waals surface area contributed by atoms with Crippen LogP contribution in [0.1, 0.15) is 17.1 Å². The highest BCUT2D eigenvalue weighted by Gasteiger charge is 2.14. The minimum absolute atomic E-state index is 0.222. The first-order valence-electron chi connectivity index (χ1n) is 7.40. The molecule has 1 amide bonds. The number of aromatic nitrogens is 2. The van der Waals surface area contributed by atoms with Gasteiger partial charge >= 0.3 is 0 Å². The van der Waals surface area contributed by atoms with E-state index in [4.69, 9.17) is 4.42 Å². The Morgan fingerprint density at radius 3 is 2.62 bits per heavy atom. The second kappa shape index (κ2) is 7.04. The molecule has 1 aromatic carbocycles. The summed E-state index contributed by atoms with van der Waals surface area (Å²) < 4.78 is 8.00. The van der Waals surface area contributed by atoms with Gasteiger partial charge in [-0.15, -0.1) is 0 Å². The number of para-hydroxylation sites is 1. The average molecular weight is 433 g/mol. The SMILES string of the molecule is Cc1nn(-c2ccccc2)c(C)c1NC(=O)/C=C/c1ccc(I)o1. The van der Waals surface area contributed by atoms with Crippen molar-refractivity contribution in [2.45, 2.75) is 13.8 Å². The highest BCUT2D eigenvalue weighted by molar-refractivity contribution is 14.1. The van der Waals surface area contributed by atoms with Gasteiger partial charge in [0.1, 0.15) is 5.76 Å². The molecule has 0 spiro atoms. The van der Waals surface area contributed by atoms with Crippen molar-refractivity contribution in [3.05, 3.63) is 69.5 Å². The topological polar surface area (TPSA) is 60.1 Å². The molecule has 0 atom stereocenters. The first kappa shape index (κ1) is 16.5. The van der Waals surface area contributed by atoms with Gasteiger partial charge in [0.05, 0.1) is 22.8 Å². The molecule has 0 fully saturated rings. The summed E-state index contributed by atoms with van der Waals surface area (Å²) in [4.78, 5) is 12.2. The molecule has 3 aromatic rings. The molecule has 0 aliphatic carbocycles. The second-order valence-corrected chi connectivity index (χ2v) is 6.32. The molecule has 0 aliphatic rings. The van der Waals surface area contributed by atoms with Crippen molar-refractivity contribution >= 4 is 40.3 Å². The number of rotatable bonds is 4. The summed E-state index contributed by atoms with van der Waals surface area (Å²) in [5, 5.41) is 7.41. The fourth-order valence-electron chi connectivity index (χ4n) is 2.38. The van der Waals surface area contributed by atoms with Crippen LogP contribution in [0.25, 0.3) is 11.8 Å². The Kier molecular flexibility index (Phi) is 4.84. The fraction of sp³-hybridized carbons (Fsp3) is 0.111. The predicted molar refractivity (Wildman–Crippen MR) is 102 cm³/mol. The Labute approximate surface area is 153 Å². The van der Waals surface area contributed by atoms with Crippen LogP contribution in [0.3, 0.4) is 0 Å². The summed E-state index contributed by atoms with van der Waals surface area (Å²) in [6.45, 7) is 3.81.